The molecule has 0 saturated carbocycles. The van der Waals surface area contributed by atoms with Crippen molar-refractivity contribution in [3.8, 4) is 0 Å². The maximum Gasteiger partial charge on any atom is 0.273 e. The van der Waals surface area contributed by atoms with Crippen molar-refractivity contribution in [1.82, 2.24) is 9.55 Å². The van der Waals surface area contributed by atoms with Gasteiger partial charge in [-0.2, -0.15) is 0 Å². The van der Waals surface area contributed by atoms with E-state index < -0.39 is 7.71 Å². The van der Waals surface area contributed by atoms with Gasteiger partial charge in [0.1, 0.15) is 0 Å². The lowest BCUT2D eigenvalue weighted by molar-refractivity contribution is 0.740. The Hall–Kier alpha value is 0.950. The summed E-state index contributed by atoms with van der Waals surface area (Å²) in [5.41, 5.74) is 0.192. The van der Waals surface area contributed by atoms with Gasteiger partial charge in [0, 0.05) is 0 Å². The van der Waals surface area contributed by atoms with Gasteiger partial charge in [-0.15, -0.1) is 0 Å². The highest BCUT2D eigenvalue weighted by Gasteiger charge is 2.34. The van der Waals surface area contributed by atoms with Gasteiger partial charge in [0.25, 0.3) is 3.92 Å². The van der Waals surface area contributed by atoms with Crippen molar-refractivity contribution in [2.45, 2.75) is 7.71 Å². The standard InChI is InChI=1S/C5H2Cl6N2/c6-4(7,8)3-1-12-2-13(3)5(9,10)11/h1-2H. The Kier molecular flexibility index (Phi) is 3.55. The number of imidazole rings is 1. The Labute approximate surface area is 105 Å². The first-order chi connectivity index (χ1) is 5.73. The molecule has 0 fully saturated rings. The van der Waals surface area contributed by atoms with E-state index in [1.807, 2.05) is 0 Å². The van der Waals surface area contributed by atoms with Gasteiger partial charge in [0.15, 0.2) is 0 Å². The Morgan fingerprint density at radius 1 is 1.08 bits per heavy atom. The second-order valence-electron chi connectivity index (χ2n) is 2.11. The van der Waals surface area contributed by atoms with Crippen molar-refractivity contribution < 1.29 is 0 Å². The van der Waals surface area contributed by atoms with Crippen LogP contribution in [0.15, 0.2) is 12.5 Å². The summed E-state index contributed by atoms with van der Waals surface area (Å²) < 4.78 is -2.24. The van der Waals surface area contributed by atoms with Crippen LogP contribution in [0.5, 0.6) is 0 Å². The molecule has 0 saturated heterocycles. The van der Waals surface area contributed by atoms with E-state index >= 15 is 0 Å². The predicted octanol–water partition coefficient (Wildman–Crippen LogP) is 3.99. The molecule has 0 unspecified atom stereocenters. The van der Waals surface area contributed by atoms with Crippen LogP contribution in [-0.2, 0) is 7.71 Å². The van der Waals surface area contributed by atoms with E-state index in [1.54, 1.807) is 0 Å². The van der Waals surface area contributed by atoms with E-state index in [0.29, 0.717) is 0 Å². The molecule has 0 aliphatic carbocycles. The first kappa shape index (κ1) is 12.0. The van der Waals surface area contributed by atoms with Crippen LogP contribution in [0.4, 0.5) is 0 Å². The average molecular weight is 303 g/mol. The topological polar surface area (TPSA) is 17.8 Å². The number of nitrogens with zero attached hydrogens (tertiary/aromatic N) is 2. The molecule has 0 bridgehead atoms. The van der Waals surface area contributed by atoms with Gasteiger partial charge in [-0.25, -0.2) is 4.98 Å². The summed E-state index contributed by atoms with van der Waals surface area (Å²) in [5, 5.41) is 0. The van der Waals surface area contributed by atoms with Crippen LogP contribution in [-0.4, -0.2) is 9.55 Å². The van der Waals surface area contributed by atoms with Crippen LogP contribution in [0.1, 0.15) is 5.69 Å². The van der Waals surface area contributed by atoms with E-state index in [2.05, 4.69) is 4.98 Å². The third-order valence-corrected chi connectivity index (χ3v) is 2.33. The Bertz CT molecular complexity index is 266. The van der Waals surface area contributed by atoms with Crippen LogP contribution in [0.2, 0.25) is 0 Å². The summed E-state index contributed by atoms with van der Waals surface area (Å²) in [6.07, 6.45) is 2.58. The second-order valence-corrected chi connectivity index (χ2v) is 6.62. The third kappa shape index (κ3) is 2.95. The lowest BCUT2D eigenvalue weighted by Gasteiger charge is -2.19. The summed E-state index contributed by atoms with van der Waals surface area (Å²) in [5.74, 6) is 0. The zero-order chi connectivity index (χ0) is 10.3. The lowest BCUT2D eigenvalue weighted by Crippen LogP contribution is -2.18. The second kappa shape index (κ2) is 3.84. The van der Waals surface area contributed by atoms with Gasteiger partial charge in [-0.05, 0) is 0 Å². The number of hydrogen-bond acceptors (Lipinski definition) is 1. The number of alkyl halides is 6. The molecular formula is C5H2Cl6N2. The number of aromatic nitrogens is 2. The van der Waals surface area contributed by atoms with Crippen molar-refractivity contribution in [3.05, 3.63) is 18.2 Å². The molecule has 0 radical (unpaired) electrons. The summed E-state index contributed by atoms with van der Waals surface area (Å²) in [6, 6.07) is 0. The Morgan fingerprint density at radius 3 is 1.92 bits per heavy atom. The first-order valence-corrected chi connectivity index (χ1v) is 5.16. The quantitative estimate of drug-likeness (QED) is 0.663. The van der Waals surface area contributed by atoms with Gasteiger partial charge in [0.2, 0.25) is 3.79 Å². The average Bonchev–Trinajstić information content (AvgIpc) is 2.27. The fraction of sp³-hybridized carbons (Fsp3) is 0.400. The smallest absolute Gasteiger partial charge is 0.273 e. The van der Waals surface area contributed by atoms with E-state index in [9.17, 15) is 0 Å². The number of halogens is 6. The van der Waals surface area contributed by atoms with E-state index in [0.717, 1.165) is 4.57 Å². The number of rotatable bonds is 0. The van der Waals surface area contributed by atoms with Gasteiger partial charge in [-0.1, -0.05) is 69.6 Å². The zero-order valence-electron chi connectivity index (χ0n) is 5.82. The molecule has 0 aliphatic heterocycles. The zero-order valence-corrected chi connectivity index (χ0v) is 10.4. The summed E-state index contributed by atoms with van der Waals surface area (Å²) in [7, 11) is 0. The normalized spacial score (nSPS) is 13.4. The summed E-state index contributed by atoms with van der Waals surface area (Å²) >= 11 is 33.6. The highest BCUT2D eigenvalue weighted by Crippen LogP contribution is 2.42. The minimum atomic E-state index is -1.71. The number of hydrogen-bond donors (Lipinski definition) is 0. The molecule has 0 N–H and O–H groups in total. The maximum absolute atomic E-state index is 5.61. The van der Waals surface area contributed by atoms with Gasteiger partial charge >= 0.3 is 0 Å². The Morgan fingerprint density at radius 2 is 1.62 bits per heavy atom. The van der Waals surface area contributed by atoms with Crippen LogP contribution < -0.4 is 0 Å². The van der Waals surface area contributed by atoms with Gasteiger partial charge < -0.3 is 0 Å². The van der Waals surface area contributed by atoms with Crippen LogP contribution in [0, 0.1) is 0 Å². The molecule has 1 aromatic rings. The minimum absolute atomic E-state index is 0.192. The third-order valence-electron chi connectivity index (χ3n) is 1.20. The van der Waals surface area contributed by atoms with E-state index in [1.165, 1.54) is 12.5 Å². The molecule has 1 rings (SSSR count). The van der Waals surface area contributed by atoms with Crippen molar-refractivity contribution in [3.63, 3.8) is 0 Å². The molecule has 0 spiro atoms. The first-order valence-electron chi connectivity index (χ1n) is 2.89. The molecule has 13 heavy (non-hydrogen) atoms. The van der Waals surface area contributed by atoms with Gasteiger partial charge in [0.05, 0.1) is 18.2 Å². The molecule has 0 aromatic carbocycles. The minimum Gasteiger partial charge on any atom is -0.285 e. The van der Waals surface area contributed by atoms with Crippen molar-refractivity contribution in [2.75, 3.05) is 0 Å². The fourth-order valence-electron chi connectivity index (χ4n) is 0.707. The van der Waals surface area contributed by atoms with Crippen molar-refractivity contribution in [2.24, 2.45) is 0 Å². The van der Waals surface area contributed by atoms with Gasteiger partial charge in [-0.3, -0.25) is 4.57 Å². The monoisotopic (exact) mass is 300 g/mol. The van der Waals surface area contributed by atoms with Crippen molar-refractivity contribution >= 4 is 69.6 Å². The molecule has 1 heterocycles. The molecule has 0 atom stereocenters. The molecular weight excluding hydrogens is 301 g/mol. The molecule has 8 heteroatoms. The van der Waals surface area contributed by atoms with Crippen molar-refractivity contribution in [1.29, 1.82) is 0 Å². The van der Waals surface area contributed by atoms with Crippen LogP contribution in [0.3, 0.4) is 0 Å². The summed E-state index contributed by atoms with van der Waals surface area (Å²) in [6.45, 7) is 0. The van der Waals surface area contributed by atoms with E-state index in [-0.39, 0.29) is 5.69 Å². The molecule has 2 nitrogen and oxygen atoms in total. The molecule has 0 amide bonds. The van der Waals surface area contributed by atoms with E-state index in [4.69, 9.17) is 69.6 Å². The molecule has 74 valence electrons. The molecule has 0 aliphatic rings. The highest BCUT2D eigenvalue weighted by molar-refractivity contribution is 6.67. The fourth-order valence-corrected chi connectivity index (χ4v) is 1.53. The predicted molar refractivity (Wildman–Crippen MR) is 57.0 cm³/mol. The lowest BCUT2D eigenvalue weighted by atomic mass is 10.5. The highest BCUT2D eigenvalue weighted by atomic mass is 35.6. The SMILES string of the molecule is ClC(Cl)(Cl)c1cncn1C(Cl)(Cl)Cl. The molecule has 1 aromatic heterocycles. The van der Waals surface area contributed by atoms with Crippen LogP contribution in [0.25, 0.3) is 0 Å². The largest absolute Gasteiger partial charge is 0.285 e. The maximum atomic E-state index is 5.61. The van der Waals surface area contributed by atoms with Crippen LogP contribution >= 0.6 is 69.6 Å². The summed E-state index contributed by atoms with van der Waals surface area (Å²) in [4.78, 5) is 3.71. The Balaban J connectivity index is 3.19.